The van der Waals surface area contributed by atoms with Gasteiger partial charge in [0.15, 0.2) is 0 Å². The van der Waals surface area contributed by atoms with Crippen molar-refractivity contribution in [3.05, 3.63) is 39.9 Å². The fourth-order valence-electron chi connectivity index (χ4n) is 1.51. The van der Waals surface area contributed by atoms with Gasteiger partial charge in [-0.2, -0.15) is 0 Å². The number of nitrogens with one attached hydrogen (secondary N) is 2. The lowest BCUT2D eigenvalue weighted by atomic mass is 10.00. The maximum Gasteiger partial charge on any atom is 0.329 e. The highest BCUT2D eigenvalue weighted by Gasteiger charge is 2.32. The van der Waals surface area contributed by atoms with Crippen molar-refractivity contribution in [1.29, 1.82) is 0 Å². The number of urea groups is 1. The van der Waals surface area contributed by atoms with Crippen LogP contribution in [0.1, 0.15) is 25.8 Å². The first kappa shape index (κ1) is 16.4. The van der Waals surface area contributed by atoms with Gasteiger partial charge in [0.2, 0.25) is 0 Å². The van der Waals surface area contributed by atoms with Crippen LogP contribution in [0.15, 0.2) is 24.3 Å². The highest BCUT2D eigenvalue weighted by molar-refractivity contribution is 5.85. The van der Waals surface area contributed by atoms with E-state index in [0.29, 0.717) is 5.56 Å². The van der Waals surface area contributed by atoms with E-state index >= 15 is 0 Å². The molecule has 0 aliphatic heterocycles. The third kappa shape index (κ3) is 4.44. The molecule has 1 rings (SSSR count). The summed E-state index contributed by atoms with van der Waals surface area (Å²) < 4.78 is 0. The van der Waals surface area contributed by atoms with Gasteiger partial charge in [-0.15, -0.1) is 0 Å². The van der Waals surface area contributed by atoms with E-state index in [1.807, 2.05) is 0 Å². The summed E-state index contributed by atoms with van der Waals surface area (Å²) >= 11 is 0. The van der Waals surface area contributed by atoms with Crippen LogP contribution in [0.3, 0.4) is 0 Å². The zero-order chi connectivity index (χ0) is 16.0. The van der Waals surface area contributed by atoms with Crippen LogP contribution in [-0.2, 0) is 11.3 Å². The number of nitrogens with zero attached hydrogens (tertiary/aromatic N) is 1. The van der Waals surface area contributed by atoms with Gasteiger partial charge in [0, 0.05) is 18.7 Å². The summed E-state index contributed by atoms with van der Waals surface area (Å²) in [6, 6.07) is 5.11. The smallest absolute Gasteiger partial charge is 0.329 e. The van der Waals surface area contributed by atoms with Crippen molar-refractivity contribution in [3.8, 4) is 0 Å². The van der Waals surface area contributed by atoms with Crippen molar-refractivity contribution in [2.75, 3.05) is 0 Å². The van der Waals surface area contributed by atoms with E-state index in [1.165, 1.54) is 31.2 Å². The Hall–Kier alpha value is -2.64. The zero-order valence-corrected chi connectivity index (χ0v) is 11.8. The Balaban J connectivity index is 2.57. The van der Waals surface area contributed by atoms with Gasteiger partial charge in [0.1, 0.15) is 5.54 Å². The highest BCUT2D eigenvalue weighted by Crippen LogP contribution is 2.12. The molecule has 1 unspecified atom stereocenters. The Labute approximate surface area is 121 Å². The molecule has 0 aromatic heterocycles. The Morgan fingerprint density at radius 2 is 1.90 bits per heavy atom. The number of amides is 2. The van der Waals surface area contributed by atoms with Gasteiger partial charge in [0.05, 0.1) is 4.92 Å². The molecule has 0 aliphatic carbocycles. The van der Waals surface area contributed by atoms with Crippen LogP contribution in [0.4, 0.5) is 10.5 Å². The van der Waals surface area contributed by atoms with Crippen molar-refractivity contribution in [3.63, 3.8) is 0 Å². The number of nitro benzene ring substituents is 1. The summed E-state index contributed by atoms with van der Waals surface area (Å²) in [6.45, 7) is 3.22. The van der Waals surface area contributed by atoms with Crippen LogP contribution in [0, 0.1) is 10.1 Å². The van der Waals surface area contributed by atoms with E-state index in [0.717, 1.165) is 0 Å². The van der Waals surface area contributed by atoms with Crippen molar-refractivity contribution < 1.29 is 19.6 Å². The fraction of sp³-hybridized carbons (Fsp3) is 0.385. The van der Waals surface area contributed by atoms with Gasteiger partial charge in [-0.05, 0) is 18.9 Å². The number of nitro groups is 1. The number of benzene rings is 1. The molecule has 21 heavy (non-hydrogen) atoms. The Morgan fingerprint density at radius 1 is 1.33 bits per heavy atom. The lowest BCUT2D eigenvalue weighted by Crippen LogP contribution is -2.54. The standard InChI is InChI=1S/C13H17N3O5/c1-3-13(2,11(17)18)15-12(19)14-8-9-4-6-10(7-5-9)16(20)21/h4-7H,3,8H2,1-2H3,(H,17,18)(H2,14,15,19). The van der Waals surface area contributed by atoms with E-state index in [1.54, 1.807) is 6.92 Å². The van der Waals surface area contributed by atoms with Crippen LogP contribution in [0.25, 0.3) is 0 Å². The van der Waals surface area contributed by atoms with Crippen LogP contribution >= 0.6 is 0 Å². The molecule has 0 heterocycles. The van der Waals surface area contributed by atoms with Crippen LogP contribution < -0.4 is 10.6 Å². The number of hydrogen-bond donors (Lipinski definition) is 3. The summed E-state index contributed by atoms with van der Waals surface area (Å²) in [5.41, 5.74) is -0.698. The first-order valence-electron chi connectivity index (χ1n) is 6.31. The normalized spacial score (nSPS) is 13.0. The van der Waals surface area contributed by atoms with Gasteiger partial charge in [-0.3, -0.25) is 10.1 Å². The molecule has 3 N–H and O–H groups in total. The molecule has 1 aromatic carbocycles. The molecular formula is C13H17N3O5. The summed E-state index contributed by atoms with van der Waals surface area (Å²) in [5, 5.41) is 24.4. The van der Waals surface area contributed by atoms with Gasteiger partial charge < -0.3 is 15.7 Å². The molecular weight excluding hydrogens is 278 g/mol. The van der Waals surface area contributed by atoms with Crippen molar-refractivity contribution in [2.45, 2.75) is 32.4 Å². The number of non-ortho nitro benzene ring substituents is 1. The minimum Gasteiger partial charge on any atom is -0.480 e. The Kier molecular flexibility index (Phi) is 5.23. The summed E-state index contributed by atoms with van der Waals surface area (Å²) in [4.78, 5) is 32.7. The maximum atomic E-state index is 11.7. The van der Waals surface area contributed by atoms with Gasteiger partial charge >= 0.3 is 12.0 Å². The lowest BCUT2D eigenvalue weighted by molar-refractivity contribution is -0.384. The fourth-order valence-corrected chi connectivity index (χ4v) is 1.51. The predicted octanol–water partition coefficient (Wildman–Crippen LogP) is 1.65. The van der Waals surface area contributed by atoms with E-state index in [4.69, 9.17) is 5.11 Å². The Morgan fingerprint density at radius 3 is 2.33 bits per heavy atom. The minimum absolute atomic E-state index is 0.0346. The van der Waals surface area contributed by atoms with Crippen LogP contribution in [0.2, 0.25) is 0 Å². The Bertz CT molecular complexity index is 543. The summed E-state index contributed by atoms with van der Waals surface area (Å²) in [6.07, 6.45) is 0.243. The van der Waals surface area contributed by atoms with Gasteiger partial charge in [-0.25, -0.2) is 9.59 Å². The molecule has 1 atom stereocenters. The molecule has 0 saturated heterocycles. The number of carbonyl (C=O) groups excluding carboxylic acids is 1. The van der Waals surface area contributed by atoms with Gasteiger partial charge in [-0.1, -0.05) is 19.1 Å². The first-order valence-corrected chi connectivity index (χ1v) is 6.31. The molecule has 114 valence electrons. The molecule has 8 heteroatoms. The molecule has 8 nitrogen and oxygen atoms in total. The maximum absolute atomic E-state index is 11.7. The van der Waals surface area contributed by atoms with Crippen LogP contribution in [-0.4, -0.2) is 27.6 Å². The molecule has 0 aliphatic rings. The number of aliphatic carboxylic acids is 1. The molecule has 0 fully saturated rings. The average Bonchev–Trinajstić information content (AvgIpc) is 2.45. The predicted molar refractivity (Wildman–Crippen MR) is 74.8 cm³/mol. The first-order chi connectivity index (χ1) is 9.78. The second kappa shape index (κ2) is 6.69. The number of rotatable bonds is 6. The third-order valence-electron chi connectivity index (χ3n) is 3.17. The molecule has 2 amide bonds. The number of carbonyl (C=O) groups is 2. The second-order valence-corrected chi connectivity index (χ2v) is 4.72. The number of hydrogen-bond acceptors (Lipinski definition) is 4. The van der Waals surface area contributed by atoms with E-state index in [2.05, 4.69) is 10.6 Å². The average molecular weight is 295 g/mol. The summed E-state index contributed by atoms with van der Waals surface area (Å²) in [5.74, 6) is -1.12. The largest absolute Gasteiger partial charge is 0.480 e. The molecule has 0 saturated carbocycles. The monoisotopic (exact) mass is 295 g/mol. The third-order valence-corrected chi connectivity index (χ3v) is 3.17. The molecule has 0 bridgehead atoms. The molecule has 0 spiro atoms. The molecule has 0 radical (unpaired) electrons. The van der Waals surface area contributed by atoms with Crippen LogP contribution in [0.5, 0.6) is 0 Å². The van der Waals surface area contributed by atoms with Gasteiger partial charge in [0.25, 0.3) is 5.69 Å². The van der Waals surface area contributed by atoms with Crippen molar-refractivity contribution in [1.82, 2.24) is 10.6 Å². The van der Waals surface area contributed by atoms with Crippen molar-refractivity contribution in [2.24, 2.45) is 0 Å². The van der Waals surface area contributed by atoms with E-state index < -0.39 is 22.5 Å². The summed E-state index contributed by atoms with van der Waals surface area (Å²) in [7, 11) is 0. The molecule has 1 aromatic rings. The minimum atomic E-state index is -1.33. The number of carboxylic acid groups (broad SMARTS) is 1. The number of carboxylic acids is 1. The van der Waals surface area contributed by atoms with Crippen molar-refractivity contribution >= 4 is 17.7 Å². The lowest BCUT2D eigenvalue weighted by Gasteiger charge is -2.24. The quantitative estimate of drug-likeness (QED) is 0.544. The SMILES string of the molecule is CCC(C)(NC(=O)NCc1ccc([N+](=O)[O-])cc1)C(=O)O. The zero-order valence-electron chi connectivity index (χ0n) is 11.8. The van der Waals surface area contributed by atoms with E-state index in [-0.39, 0.29) is 18.7 Å². The topological polar surface area (TPSA) is 122 Å². The second-order valence-electron chi connectivity index (χ2n) is 4.72. The van der Waals surface area contributed by atoms with E-state index in [9.17, 15) is 19.7 Å². The highest BCUT2D eigenvalue weighted by atomic mass is 16.6.